The molecule has 1 aliphatic rings. The Labute approximate surface area is 258 Å². The second kappa shape index (κ2) is 15.7. The van der Waals surface area contributed by atoms with Crippen molar-refractivity contribution >= 4 is 35.6 Å². The molecule has 0 aliphatic carbocycles. The monoisotopic (exact) mass is 639 g/mol. The number of hydrogen-bond donors (Lipinski definition) is 2. The maximum absolute atomic E-state index is 14.4. The fraction of sp³-hybridized carbons (Fsp3) is 0.467. The van der Waals surface area contributed by atoms with Crippen LogP contribution in [-0.4, -0.2) is 71.3 Å². The van der Waals surface area contributed by atoms with Crippen molar-refractivity contribution in [3.63, 3.8) is 0 Å². The number of nitrogens with zero attached hydrogens (tertiary/aromatic N) is 1. The Morgan fingerprint density at radius 2 is 1.73 bits per heavy atom. The lowest BCUT2D eigenvalue weighted by atomic mass is 10.0. The van der Waals surface area contributed by atoms with Crippen molar-refractivity contribution in [3.05, 3.63) is 65.0 Å². The molecule has 0 bridgehead atoms. The van der Waals surface area contributed by atoms with E-state index in [0.717, 1.165) is 5.56 Å². The third kappa shape index (κ3) is 10.6. The number of carbonyl (C=O) groups is 4. The summed E-state index contributed by atoms with van der Waals surface area (Å²) in [6.45, 7) is 7.06. The van der Waals surface area contributed by atoms with E-state index in [0.29, 0.717) is 23.6 Å². The van der Waals surface area contributed by atoms with Crippen molar-refractivity contribution in [2.45, 2.75) is 64.1 Å². The summed E-state index contributed by atoms with van der Waals surface area (Å²) in [5, 5.41) is 4.47. The molecule has 0 radical (unpaired) electrons. The molecular weight excluding hydrogens is 603 g/mol. The van der Waals surface area contributed by atoms with Crippen molar-refractivity contribution in [2.75, 3.05) is 25.5 Å². The van der Waals surface area contributed by atoms with E-state index in [1.54, 1.807) is 52.0 Å². The van der Waals surface area contributed by atoms with Gasteiger partial charge in [0.2, 0.25) is 5.91 Å². The van der Waals surface area contributed by atoms with E-state index in [1.165, 1.54) is 16.7 Å². The molecule has 2 atom stereocenters. The van der Waals surface area contributed by atoms with Crippen LogP contribution in [0.4, 0.5) is 18.0 Å². The lowest BCUT2D eigenvalue weighted by molar-refractivity contribution is -0.145. The zero-order valence-corrected chi connectivity index (χ0v) is 25.7. The van der Waals surface area contributed by atoms with E-state index in [4.69, 9.17) is 14.2 Å². The fourth-order valence-electron chi connectivity index (χ4n) is 4.23. The Kier molecular flexibility index (Phi) is 12.3. The number of amides is 3. The van der Waals surface area contributed by atoms with Crippen molar-refractivity contribution < 1.29 is 46.6 Å². The van der Waals surface area contributed by atoms with Crippen LogP contribution < -0.4 is 15.4 Å². The number of esters is 1. The molecule has 1 saturated heterocycles. The number of nitrogens with one attached hydrogen (secondary N) is 2. The standard InChI is InChI=1S/C30H36F3N3O7S/c1-5-41-26(38)17-42-21-8-6-18(7-9-21)16-34-27(39)28-36(10-11-44-28)25(37)14-20(35-29(40)43-30(2,3)4)12-19-13-23(32)24(33)15-22(19)31/h6-9,13,15,20,28H,5,10-12,14,16-17H2,1-4H3,(H,34,39)(H,35,40)/t20-,28?/m1/s1. The fourth-order valence-corrected chi connectivity index (χ4v) is 5.39. The number of halogens is 3. The molecule has 0 spiro atoms. The molecule has 2 N–H and O–H groups in total. The summed E-state index contributed by atoms with van der Waals surface area (Å²) in [7, 11) is 0. The molecule has 14 heteroatoms. The van der Waals surface area contributed by atoms with Crippen molar-refractivity contribution in [3.8, 4) is 5.75 Å². The maximum Gasteiger partial charge on any atom is 0.407 e. The minimum Gasteiger partial charge on any atom is -0.482 e. The van der Waals surface area contributed by atoms with E-state index in [2.05, 4.69) is 10.6 Å². The Hall–Kier alpha value is -3.94. The zero-order valence-electron chi connectivity index (χ0n) is 24.9. The number of carbonyl (C=O) groups excluding carboxylic acids is 4. The normalized spacial score (nSPS) is 15.3. The number of thioether (sulfide) groups is 1. The Balaban J connectivity index is 1.63. The van der Waals surface area contributed by atoms with E-state index >= 15 is 0 Å². The summed E-state index contributed by atoms with van der Waals surface area (Å²) in [5.74, 6) is -4.11. The van der Waals surface area contributed by atoms with Gasteiger partial charge in [-0.15, -0.1) is 11.8 Å². The number of benzene rings is 2. The summed E-state index contributed by atoms with van der Waals surface area (Å²) in [6, 6.07) is 6.77. The first-order valence-electron chi connectivity index (χ1n) is 13.9. The van der Waals surface area contributed by atoms with Gasteiger partial charge in [-0.05, 0) is 63.4 Å². The largest absolute Gasteiger partial charge is 0.482 e. The van der Waals surface area contributed by atoms with Gasteiger partial charge in [-0.2, -0.15) is 0 Å². The predicted molar refractivity (Wildman–Crippen MR) is 156 cm³/mol. The summed E-state index contributed by atoms with van der Waals surface area (Å²) in [5.41, 5.74) is -0.352. The van der Waals surface area contributed by atoms with Crippen molar-refractivity contribution in [1.82, 2.24) is 15.5 Å². The maximum atomic E-state index is 14.4. The smallest absolute Gasteiger partial charge is 0.407 e. The van der Waals surface area contributed by atoms with E-state index in [-0.39, 0.29) is 44.7 Å². The van der Waals surface area contributed by atoms with Crippen LogP contribution in [0.2, 0.25) is 0 Å². The third-order valence-corrected chi connectivity index (χ3v) is 7.39. The summed E-state index contributed by atoms with van der Waals surface area (Å²) in [6.07, 6.45) is -1.55. The first kappa shape index (κ1) is 34.5. The first-order valence-corrected chi connectivity index (χ1v) is 15.0. The minimum absolute atomic E-state index is 0.161. The summed E-state index contributed by atoms with van der Waals surface area (Å²) in [4.78, 5) is 51.7. The molecule has 2 aromatic carbocycles. The number of alkyl carbamates (subject to hydrolysis) is 1. The van der Waals surface area contributed by atoms with Gasteiger partial charge in [-0.1, -0.05) is 12.1 Å². The van der Waals surface area contributed by atoms with Gasteiger partial charge >= 0.3 is 12.1 Å². The summed E-state index contributed by atoms with van der Waals surface area (Å²) < 4.78 is 57.2. The van der Waals surface area contributed by atoms with Crippen LogP contribution in [0.25, 0.3) is 0 Å². The second-order valence-corrected chi connectivity index (χ2v) is 12.1. The highest BCUT2D eigenvalue weighted by Gasteiger charge is 2.36. The molecule has 10 nitrogen and oxygen atoms in total. The molecule has 2 aromatic rings. The van der Waals surface area contributed by atoms with Crippen LogP contribution in [0, 0.1) is 17.5 Å². The van der Waals surface area contributed by atoms with Crippen molar-refractivity contribution in [2.24, 2.45) is 0 Å². The number of hydrogen-bond acceptors (Lipinski definition) is 8. The van der Waals surface area contributed by atoms with Gasteiger partial charge in [0, 0.05) is 37.4 Å². The van der Waals surface area contributed by atoms with Gasteiger partial charge in [-0.25, -0.2) is 22.8 Å². The SMILES string of the molecule is CCOC(=O)COc1ccc(CNC(=O)C2SCCN2C(=O)C[C@@H](Cc2cc(F)c(F)cc2F)NC(=O)OC(C)(C)C)cc1. The van der Waals surface area contributed by atoms with Gasteiger partial charge in [0.05, 0.1) is 6.61 Å². The second-order valence-electron chi connectivity index (χ2n) is 10.9. The molecule has 44 heavy (non-hydrogen) atoms. The van der Waals surface area contributed by atoms with Gasteiger partial charge in [0.15, 0.2) is 23.6 Å². The van der Waals surface area contributed by atoms with E-state index in [1.807, 2.05) is 0 Å². The van der Waals surface area contributed by atoms with Gasteiger partial charge in [0.25, 0.3) is 5.91 Å². The summed E-state index contributed by atoms with van der Waals surface area (Å²) >= 11 is 1.26. The van der Waals surface area contributed by atoms with Crippen LogP contribution in [0.15, 0.2) is 36.4 Å². The van der Waals surface area contributed by atoms with Gasteiger partial charge in [0.1, 0.15) is 17.2 Å². The zero-order chi connectivity index (χ0) is 32.4. The Morgan fingerprint density at radius 3 is 2.39 bits per heavy atom. The molecule has 1 fully saturated rings. The topological polar surface area (TPSA) is 123 Å². The lowest BCUT2D eigenvalue weighted by Gasteiger charge is -2.27. The van der Waals surface area contributed by atoms with Crippen LogP contribution in [0.3, 0.4) is 0 Å². The lowest BCUT2D eigenvalue weighted by Crippen LogP contribution is -2.48. The molecule has 0 aromatic heterocycles. The van der Waals surface area contributed by atoms with E-state index < -0.39 is 58.3 Å². The van der Waals surface area contributed by atoms with Gasteiger partial charge < -0.3 is 29.7 Å². The predicted octanol–water partition coefficient (Wildman–Crippen LogP) is 4.09. The Morgan fingerprint density at radius 1 is 1.05 bits per heavy atom. The van der Waals surface area contributed by atoms with Crippen molar-refractivity contribution in [1.29, 1.82) is 0 Å². The highest BCUT2D eigenvalue weighted by atomic mass is 32.2. The van der Waals surface area contributed by atoms with E-state index in [9.17, 15) is 32.3 Å². The molecule has 0 saturated carbocycles. The average Bonchev–Trinajstić information content (AvgIpc) is 3.44. The molecule has 1 unspecified atom stereocenters. The Bertz CT molecular complexity index is 1340. The average molecular weight is 640 g/mol. The van der Waals surface area contributed by atoms with Gasteiger partial charge in [-0.3, -0.25) is 9.59 Å². The van der Waals surface area contributed by atoms with Crippen LogP contribution >= 0.6 is 11.8 Å². The first-order chi connectivity index (χ1) is 20.8. The number of ether oxygens (including phenoxy) is 3. The molecule has 1 heterocycles. The minimum atomic E-state index is -1.36. The quantitative estimate of drug-likeness (QED) is 0.263. The molecule has 240 valence electrons. The van der Waals surface area contributed by atoms with Crippen LogP contribution in [0.5, 0.6) is 5.75 Å². The van der Waals surface area contributed by atoms with Crippen LogP contribution in [0.1, 0.15) is 45.2 Å². The molecule has 3 rings (SSSR count). The molecular formula is C30H36F3N3O7S. The highest BCUT2D eigenvalue weighted by molar-refractivity contribution is 8.00. The third-order valence-electron chi connectivity index (χ3n) is 6.19. The number of rotatable bonds is 12. The molecule has 3 amide bonds. The highest BCUT2D eigenvalue weighted by Crippen LogP contribution is 2.26. The van der Waals surface area contributed by atoms with Crippen LogP contribution in [-0.2, 0) is 36.8 Å². The molecule has 1 aliphatic heterocycles.